The van der Waals surface area contributed by atoms with Crippen LogP contribution in [-0.2, 0) is 35.3 Å². The molecule has 12 heteroatoms. The molecule has 2 aliphatic rings. The van der Waals surface area contributed by atoms with Crippen molar-refractivity contribution in [2.24, 2.45) is 0 Å². The fourth-order valence-electron chi connectivity index (χ4n) is 4.12. The molecule has 4 rings (SSSR count). The molecule has 2 N–H and O–H groups in total. The number of amides is 1. The van der Waals surface area contributed by atoms with Gasteiger partial charge in [0.25, 0.3) is 5.91 Å². The van der Waals surface area contributed by atoms with Gasteiger partial charge in [0.2, 0.25) is 0 Å². The number of benzene rings is 1. The highest BCUT2D eigenvalue weighted by molar-refractivity contribution is 7.92. The molecule has 35 heavy (non-hydrogen) atoms. The lowest BCUT2D eigenvalue weighted by Gasteiger charge is -2.27. The summed E-state index contributed by atoms with van der Waals surface area (Å²) in [6.07, 6.45) is 1.40. The number of hydrogen-bond acceptors (Lipinski definition) is 9. The first-order chi connectivity index (χ1) is 16.9. The first kappa shape index (κ1) is 26.5. The van der Waals surface area contributed by atoms with Crippen molar-refractivity contribution in [2.75, 3.05) is 38.4 Å². The molecule has 2 fully saturated rings. The van der Waals surface area contributed by atoms with Crippen molar-refractivity contribution in [1.82, 2.24) is 4.98 Å². The second-order valence-electron chi connectivity index (χ2n) is 8.46. The van der Waals surface area contributed by atoms with Crippen molar-refractivity contribution >= 4 is 43.8 Å². The number of halogens is 1. The number of anilines is 1. The molecule has 2 aliphatic heterocycles. The molecule has 9 nitrogen and oxygen atoms in total. The van der Waals surface area contributed by atoms with E-state index in [1.165, 1.54) is 12.1 Å². The SMILES string of the molecule is O=C(Nc1nc(CCO)c(Cl)s1)C(OC1CCOCC1)c1ccc(S(=O)(=O)C2CCOCC2)cc1. The van der Waals surface area contributed by atoms with Gasteiger partial charge in [0, 0.05) is 39.5 Å². The van der Waals surface area contributed by atoms with Crippen molar-refractivity contribution in [3.8, 4) is 0 Å². The lowest BCUT2D eigenvalue weighted by molar-refractivity contribution is -0.136. The predicted molar refractivity (Wildman–Crippen MR) is 132 cm³/mol. The summed E-state index contributed by atoms with van der Waals surface area (Å²) >= 11 is 7.28. The van der Waals surface area contributed by atoms with Crippen LogP contribution in [0.2, 0.25) is 4.34 Å². The maximum Gasteiger partial charge on any atom is 0.259 e. The molecule has 0 saturated carbocycles. The van der Waals surface area contributed by atoms with Crippen LogP contribution in [0.4, 0.5) is 5.13 Å². The van der Waals surface area contributed by atoms with Crippen molar-refractivity contribution in [2.45, 2.75) is 54.5 Å². The average Bonchev–Trinajstić information content (AvgIpc) is 3.22. The van der Waals surface area contributed by atoms with Gasteiger partial charge in [-0.2, -0.15) is 0 Å². The molecule has 3 heterocycles. The van der Waals surface area contributed by atoms with Crippen LogP contribution >= 0.6 is 22.9 Å². The normalized spacial score (nSPS) is 18.9. The minimum Gasteiger partial charge on any atom is -0.396 e. The topological polar surface area (TPSA) is 124 Å². The molecule has 1 amide bonds. The van der Waals surface area contributed by atoms with E-state index in [1.54, 1.807) is 12.1 Å². The van der Waals surface area contributed by atoms with Gasteiger partial charge in [0.05, 0.1) is 21.9 Å². The van der Waals surface area contributed by atoms with Crippen molar-refractivity contribution < 1.29 is 32.5 Å². The zero-order chi connectivity index (χ0) is 24.8. The van der Waals surface area contributed by atoms with E-state index in [1.807, 2.05) is 0 Å². The molecular formula is C23H29ClN2O7S2. The Morgan fingerprint density at radius 3 is 2.40 bits per heavy atom. The molecular weight excluding hydrogens is 516 g/mol. The summed E-state index contributed by atoms with van der Waals surface area (Å²) in [6, 6.07) is 6.32. The number of thiazole rings is 1. The van der Waals surface area contributed by atoms with Gasteiger partial charge < -0.3 is 19.3 Å². The van der Waals surface area contributed by atoms with E-state index in [4.69, 9.17) is 30.9 Å². The summed E-state index contributed by atoms with van der Waals surface area (Å²) in [7, 11) is -3.49. The Bertz CT molecular complexity index is 1100. The van der Waals surface area contributed by atoms with Gasteiger partial charge in [-0.25, -0.2) is 13.4 Å². The molecule has 0 radical (unpaired) electrons. The van der Waals surface area contributed by atoms with Gasteiger partial charge in [-0.05, 0) is 43.4 Å². The van der Waals surface area contributed by atoms with Crippen molar-refractivity contribution in [1.29, 1.82) is 0 Å². The zero-order valence-corrected chi connectivity index (χ0v) is 21.5. The number of hydrogen-bond donors (Lipinski definition) is 2. The van der Waals surface area contributed by atoms with Crippen LogP contribution in [0.3, 0.4) is 0 Å². The van der Waals surface area contributed by atoms with Crippen molar-refractivity contribution in [3.63, 3.8) is 0 Å². The summed E-state index contributed by atoms with van der Waals surface area (Å²) in [5, 5.41) is 11.8. The lowest BCUT2D eigenvalue weighted by Crippen LogP contribution is -2.31. The molecule has 1 unspecified atom stereocenters. The second kappa shape index (κ2) is 12.1. The Balaban J connectivity index is 1.54. The van der Waals surface area contributed by atoms with Crippen LogP contribution in [0.1, 0.15) is 43.0 Å². The summed E-state index contributed by atoms with van der Waals surface area (Å²) in [4.78, 5) is 17.8. The smallest absolute Gasteiger partial charge is 0.259 e. The van der Waals surface area contributed by atoms with Gasteiger partial charge in [0.1, 0.15) is 4.34 Å². The number of aliphatic hydroxyl groups is 1. The van der Waals surface area contributed by atoms with Crippen LogP contribution in [0.5, 0.6) is 0 Å². The maximum atomic E-state index is 13.3. The van der Waals surface area contributed by atoms with Crippen LogP contribution < -0.4 is 5.32 Å². The molecule has 0 aliphatic carbocycles. The summed E-state index contributed by atoms with van der Waals surface area (Å²) in [5.41, 5.74) is 1.05. The molecule has 2 aromatic rings. The highest BCUT2D eigenvalue weighted by Crippen LogP contribution is 2.31. The Hall–Kier alpha value is -1.60. The quantitative estimate of drug-likeness (QED) is 0.493. The third-order valence-corrected chi connectivity index (χ3v) is 9.61. The van der Waals surface area contributed by atoms with E-state index in [9.17, 15) is 13.2 Å². The molecule has 1 aromatic heterocycles. The van der Waals surface area contributed by atoms with E-state index < -0.39 is 27.1 Å². The number of rotatable bonds is 9. The minimum atomic E-state index is -3.49. The fourth-order valence-corrected chi connectivity index (χ4v) is 6.94. The Kier molecular flexibility index (Phi) is 9.14. The number of aromatic nitrogens is 1. The molecule has 1 aromatic carbocycles. The average molecular weight is 545 g/mol. The van der Waals surface area contributed by atoms with Gasteiger partial charge in [-0.15, -0.1) is 0 Å². The van der Waals surface area contributed by atoms with E-state index in [2.05, 4.69) is 10.3 Å². The Morgan fingerprint density at radius 1 is 1.14 bits per heavy atom. The monoisotopic (exact) mass is 544 g/mol. The van der Waals surface area contributed by atoms with Gasteiger partial charge in [0.15, 0.2) is 21.1 Å². The summed E-state index contributed by atoms with van der Waals surface area (Å²) < 4.78 is 43.3. The standard InChI is InChI=1S/C23H29ClN2O7S2/c24-21-19(5-10-27)25-23(34-21)26-22(28)20(33-16-6-11-31-12-7-16)15-1-3-17(4-2-15)35(29,30)18-8-13-32-14-9-18/h1-4,16,18,20,27H,5-14H2,(H,25,26,28). The molecule has 0 spiro atoms. The molecule has 0 bridgehead atoms. The molecule has 192 valence electrons. The van der Waals surface area contributed by atoms with E-state index >= 15 is 0 Å². The number of carbonyl (C=O) groups is 1. The minimum absolute atomic E-state index is 0.102. The van der Waals surface area contributed by atoms with Gasteiger partial charge >= 0.3 is 0 Å². The Morgan fingerprint density at radius 2 is 1.77 bits per heavy atom. The third-order valence-electron chi connectivity index (χ3n) is 6.08. The van der Waals surface area contributed by atoms with Crippen LogP contribution in [0.15, 0.2) is 29.2 Å². The first-order valence-electron chi connectivity index (χ1n) is 11.6. The molecule has 1 atom stereocenters. The summed E-state index contributed by atoms with van der Waals surface area (Å²) in [6.45, 7) is 1.87. The zero-order valence-electron chi connectivity index (χ0n) is 19.2. The van der Waals surface area contributed by atoms with Gasteiger partial charge in [-0.3, -0.25) is 10.1 Å². The molecule has 2 saturated heterocycles. The third kappa shape index (κ3) is 6.59. The summed E-state index contributed by atoms with van der Waals surface area (Å²) in [5.74, 6) is -0.433. The number of ether oxygens (including phenoxy) is 3. The first-order valence-corrected chi connectivity index (χ1v) is 14.3. The highest BCUT2D eigenvalue weighted by atomic mass is 35.5. The van der Waals surface area contributed by atoms with E-state index in [-0.39, 0.29) is 24.0 Å². The van der Waals surface area contributed by atoms with Gasteiger partial charge in [-0.1, -0.05) is 35.1 Å². The number of nitrogens with zero attached hydrogens (tertiary/aromatic N) is 1. The lowest BCUT2D eigenvalue weighted by atomic mass is 10.1. The fraction of sp³-hybridized carbons (Fsp3) is 0.565. The number of carbonyl (C=O) groups excluding carboxylic acids is 1. The largest absolute Gasteiger partial charge is 0.396 e. The van der Waals surface area contributed by atoms with Crippen LogP contribution in [0.25, 0.3) is 0 Å². The highest BCUT2D eigenvalue weighted by Gasteiger charge is 2.31. The number of aliphatic hydroxyl groups excluding tert-OH is 1. The maximum absolute atomic E-state index is 13.3. The Labute approximate surface area is 213 Å². The van der Waals surface area contributed by atoms with Crippen LogP contribution in [-0.4, -0.2) is 68.8 Å². The predicted octanol–water partition coefficient (Wildman–Crippen LogP) is 3.16. The van der Waals surface area contributed by atoms with E-state index in [0.717, 1.165) is 11.3 Å². The number of nitrogens with one attached hydrogen (secondary N) is 1. The van der Waals surface area contributed by atoms with Crippen molar-refractivity contribution in [3.05, 3.63) is 39.9 Å². The van der Waals surface area contributed by atoms with Crippen LogP contribution in [0, 0.1) is 0 Å². The second-order valence-corrected chi connectivity index (χ2v) is 12.3. The number of sulfone groups is 1. The van der Waals surface area contributed by atoms with E-state index in [0.29, 0.717) is 72.8 Å².